The lowest BCUT2D eigenvalue weighted by molar-refractivity contribution is -0.139. The number of anilines is 1. The minimum absolute atomic E-state index is 0.0496. The number of sulfonamides is 1. The van der Waals surface area contributed by atoms with Crippen LogP contribution < -0.4 is 9.62 Å². The third kappa shape index (κ3) is 7.76. The van der Waals surface area contributed by atoms with Gasteiger partial charge in [0, 0.05) is 30.1 Å². The highest BCUT2D eigenvalue weighted by Crippen LogP contribution is 2.29. The number of carbonyl (C=O) groups excluding carboxylic acids is 2. The standard InChI is InChI=1S/C33H33Cl2N3O4S/c1-23-13-17-28(18-14-23)43(41,42)38(30-12-8-7-9-24(30)2)22-32(39)37(21-26-15-16-27(34)20-29(26)35)31(33(40)36-3)19-25-10-5-4-6-11-25/h4-18,20,31H,19,21-22H2,1-3H3,(H,36,40). The zero-order valence-corrected chi connectivity index (χ0v) is 26.5. The van der Waals surface area contributed by atoms with Gasteiger partial charge in [-0.25, -0.2) is 8.42 Å². The lowest BCUT2D eigenvalue weighted by Gasteiger charge is -2.34. The van der Waals surface area contributed by atoms with E-state index in [0.29, 0.717) is 26.9 Å². The third-order valence-corrected chi connectivity index (χ3v) is 9.51. The number of para-hydroxylation sites is 1. The van der Waals surface area contributed by atoms with E-state index in [2.05, 4.69) is 5.32 Å². The van der Waals surface area contributed by atoms with Gasteiger partial charge in [0.15, 0.2) is 0 Å². The van der Waals surface area contributed by atoms with Gasteiger partial charge in [-0.2, -0.15) is 0 Å². The highest BCUT2D eigenvalue weighted by Gasteiger charge is 2.35. The maximum absolute atomic E-state index is 14.4. The van der Waals surface area contributed by atoms with Crippen molar-refractivity contribution < 1.29 is 18.0 Å². The quantitative estimate of drug-likeness (QED) is 0.212. The predicted molar refractivity (Wildman–Crippen MR) is 172 cm³/mol. The van der Waals surface area contributed by atoms with E-state index in [1.54, 1.807) is 61.5 Å². The summed E-state index contributed by atoms with van der Waals surface area (Å²) in [5, 5.41) is 3.41. The molecule has 1 N–H and O–H groups in total. The first-order valence-electron chi connectivity index (χ1n) is 13.6. The molecule has 1 atom stereocenters. The average Bonchev–Trinajstić information content (AvgIpc) is 2.99. The Bertz CT molecular complexity index is 1700. The Hall–Kier alpha value is -3.85. The second-order valence-corrected chi connectivity index (χ2v) is 12.9. The fourth-order valence-corrected chi connectivity index (χ4v) is 6.69. The molecular weight excluding hydrogens is 605 g/mol. The molecule has 1 unspecified atom stereocenters. The van der Waals surface area contributed by atoms with Crippen LogP contribution in [0.4, 0.5) is 5.69 Å². The molecule has 0 spiro atoms. The second kappa shape index (κ2) is 14.1. The van der Waals surface area contributed by atoms with Crippen molar-refractivity contribution in [3.8, 4) is 0 Å². The van der Waals surface area contributed by atoms with Crippen LogP contribution in [0, 0.1) is 13.8 Å². The Morgan fingerprint density at radius 3 is 2.14 bits per heavy atom. The molecule has 0 aliphatic carbocycles. The number of hydrogen-bond acceptors (Lipinski definition) is 4. The van der Waals surface area contributed by atoms with Gasteiger partial charge in [0.2, 0.25) is 11.8 Å². The van der Waals surface area contributed by atoms with Gasteiger partial charge >= 0.3 is 0 Å². The van der Waals surface area contributed by atoms with Crippen LogP contribution in [0.15, 0.2) is 102 Å². The number of likely N-dealkylation sites (N-methyl/N-ethyl adjacent to an activating group) is 1. The van der Waals surface area contributed by atoms with E-state index >= 15 is 0 Å². The number of nitrogens with zero attached hydrogens (tertiary/aromatic N) is 2. The maximum atomic E-state index is 14.4. The van der Waals surface area contributed by atoms with E-state index in [9.17, 15) is 18.0 Å². The Balaban J connectivity index is 1.81. The number of benzene rings is 4. The lowest BCUT2D eigenvalue weighted by Crippen LogP contribution is -2.53. The highest BCUT2D eigenvalue weighted by molar-refractivity contribution is 7.92. The van der Waals surface area contributed by atoms with Crippen molar-refractivity contribution in [1.29, 1.82) is 0 Å². The molecular formula is C33H33Cl2N3O4S. The topological polar surface area (TPSA) is 86.8 Å². The Kier molecular flexibility index (Phi) is 10.5. The molecule has 4 aromatic carbocycles. The fourth-order valence-electron chi connectivity index (χ4n) is 4.75. The predicted octanol–water partition coefficient (Wildman–Crippen LogP) is 6.19. The number of amides is 2. The van der Waals surface area contributed by atoms with Crippen molar-refractivity contribution in [2.24, 2.45) is 0 Å². The summed E-state index contributed by atoms with van der Waals surface area (Å²) >= 11 is 12.6. The van der Waals surface area contributed by atoms with Crippen LogP contribution >= 0.6 is 23.2 Å². The number of carbonyl (C=O) groups is 2. The number of halogens is 2. The van der Waals surface area contributed by atoms with E-state index < -0.39 is 34.4 Å². The van der Waals surface area contributed by atoms with E-state index in [4.69, 9.17) is 23.2 Å². The summed E-state index contributed by atoms with van der Waals surface area (Å²) in [4.78, 5) is 29.2. The van der Waals surface area contributed by atoms with E-state index in [0.717, 1.165) is 15.4 Å². The fraction of sp³-hybridized carbons (Fsp3) is 0.212. The van der Waals surface area contributed by atoms with Crippen molar-refractivity contribution >= 4 is 50.7 Å². The molecule has 7 nitrogen and oxygen atoms in total. The molecule has 4 aromatic rings. The zero-order valence-electron chi connectivity index (χ0n) is 24.1. The van der Waals surface area contributed by atoms with Crippen LogP contribution in [-0.2, 0) is 32.6 Å². The number of rotatable bonds is 11. The second-order valence-electron chi connectivity index (χ2n) is 10.2. The smallest absolute Gasteiger partial charge is 0.264 e. The SMILES string of the molecule is CNC(=O)C(Cc1ccccc1)N(Cc1ccc(Cl)cc1Cl)C(=O)CN(c1ccccc1C)S(=O)(=O)c1ccc(C)cc1. The minimum atomic E-state index is -4.18. The zero-order chi connectivity index (χ0) is 31.1. The van der Waals surface area contributed by atoms with Gasteiger partial charge in [0.25, 0.3) is 10.0 Å². The van der Waals surface area contributed by atoms with Crippen molar-refractivity contribution in [2.45, 2.75) is 37.8 Å². The molecule has 0 aromatic heterocycles. The summed E-state index contributed by atoms with van der Waals surface area (Å²) in [5.41, 5.74) is 3.33. The van der Waals surface area contributed by atoms with Crippen molar-refractivity contribution in [1.82, 2.24) is 10.2 Å². The first-order chi connectivity index (χ1) is 20.5. The summed E-state index contributed by atoms with van der Waals surface area (Å²) in [6.07, 6.45) is 0.201. The van der Waals surface area contributed by atoms with Gasteiger partial charge in [0.05, 0.1) is 10.6 Å². The summed E-state index contributed by atoms with van der Waals surface area (Å²) in [6, 6.07) is 26.7. The maximum Gasteiger partial charge on any atom is 0.264 e. The number of nitrogens with one attached hydrogen (secondary N) is 1. The van der Waals surface area contributed by atoms with Crippen LogP contribution in [0.1, 0.15) is 22.3 Å². The monoisotopic (exact) mass is 637 g/mol. The van der Waals surface area contributed by atoms with E-state index in [1.807, 2.05) is 37.3 Å². The van der Waals surface area contributed by atoms with Crippen LogP contribution in [0.2, 0.25) is 10.0 Å². The molecule has 0 bridgehead atoms. The summed E-state index contributed by atoms with van der Waals surface area (Å²) in [5.74, 6) is -0.972. The molecule has 43 heavy (non-hydrogen) atoms. The average molecular weight is 639 g/mol. The molecule has 0 aliphatic rings. The molecule has 224 valence electrons. The minimum Gasteiger partial charge on any atom is -0.357 e. The van der Waals surface area contributed by atoms with Gasteiger partial charge in [-0.05, 0) is 60.9 Å². The Labute approximate surface area is 263 Å². The molecule has 0 heterocycles. The number of hydrogen-bond donors (Lipinski definition) is 1. The van der Waals surface area contributed by atoms with Crippen molar-refractivity contribution in [3.05, 3.63) is 129 Å². The van der Waals surface area contributed by atoms with Crippen LogP contribution in [0.25, 0.3) is 0 Å². The first kappa shape index (κ1) is 32.1. The largest absolute Gasteiger partial charge is 0.357 e. The lowest BCUT2D eigenvalue weighted by atomic mass is 10.0. The Morgan fingerprint density at radius 1 is 0.860 bits per heavy atom. The first-order valence-corrected chi connectivity index (χ1v) is 15.8. The van der Waals surface area contributed by atoms with Gasteiger partial charge in [-0.15, -0.1) is 0 Å². The molecule has 0 saturated heterocycles. The highest BCUT2D eigenvalue weighted by atomic mass is 35.5. The van der Waals surface area contributed by atoms with Crippen LogP contribution in [0.5, 0.6) is 0 Å². The summed E-state index contributed by atoms with van der Waals surface area (Å²) in [6.45, 7) is 3.05. The van der Waals surface area contributed by atoms with Gasteiger partial charge < -0.3 is 10.2 Å². The van der Waals surface area contributed by atoms with Crippen molar-refractivity contribution in [3.63, 3.8) is 0 Å². The van der Waals surface area contributed by atoms with E-state index in [1.165, 1.54) is 24.1 Å². The van der Waals surface area contributed by atoms with Gasteiger partial charge in [-0.1, -0.05) is 95.5 Å². The van der Waals surface area contributed by atoms with E-state index in [-0.39, 0.29) is 17.9 Å². The van der Waals surface area contributed by atoms with Gasteiger partial charge in [0.1, 0.15) is 12.6 Å². The normalized spacial score (nSPS) is 11.9. The number of aryl methyl sites for hydroxylation is 2. The van der Waals surface area contributed by atoms with Crippen LogP contribution in [0.3, 0.4) is 0 Å². The molecule has 0 radical (unpaired) electrons. The molecule has 2 amide bonds. The summed E-state index contributed by atoms with van der Waals surface area (Å²) in [7, 11) is -2.68. The molecule has 0 fully saturated rings. The molecule has 0 saturated carbocycles. The third-order valence-electron chi connectivity index (χ3n) is 7.15. The van der Waals surface area contributed by atoms with Gasteiger partial charge in [-0.3, -0.25) is 13.9 Å². The summed E-state index contributed by atoms with van der Waals surface area (Å²) < 4.78 is 29.3. The molecule has 10 heteroatoms. The van der Waals surface area contributed by atoms with Crippen molar-refractivity contribution in [2.75, 3.05) is 17.9 Å². The van der Waals surface area contributed by atoms with Crippen LogP contribution in [-0.4, -0.2) is 44.8 Å². The Morgan fingerprint density at radius 2 is 1.51 bits per heavy atom. The molecule has 0 aliphatic heterocycles. The molecule has 4 rings (SSSR count).